The van der Waals surface area contributed by atoms with Crippen molar-refractivity contribution in [3.63, 3.8) is 0 Å². The standard InChI is InChI=1S/C23H26N6O2/c1-2-4-19(5-3-1)29-16-24-22(27-29)25-18-14-20(17-6-7-17)26-21(15-18)28-10-8-23(9-11-28)30-12-13-31-23/h1-5,14-17H,6-13H2,(H,25,26,27). The molecule has 1 aliphatic carbocycles. The third kappa shape index (κ3) is 3.88. The van der Waals surface area contributed by atoms with E-state index in [1.807, 2.05) is 30.3 Å². The van der Waals surface area contributed by atoms with E-state index >= 15 is 0 Å². The monoisotopic (exact) mass is 418 g/mol. The summed E-state index contributed by atoms with van der Waals surface area (Å²) in [6.07, 6.45) is 5.89. The molecule has 160 valence electrons. The van der Waals surface area contributed by atoms with Crippen molar-refractivity contribution in [2.75, 3.05) is 36.5 Å². The minimum absolute atomic E-state index is 0.375. The lowest BCUT2D eigenvalue weighted by molar-refractivity contribution is -0.169. The Bertz CT molecular complexity index is 1050. The first-order valence-electron chi connectivity index (χ1n) is 11.1. The lowest BCUT2D eigenvalue weighted by atomic mass is 10.0. The van der Waals surface area contributed by atoms with Gasteiger partial charge in [0.2, 0.25) is 5.95 Å². The Balaban J connectivity index is 1.22. The number of hydrogen-bond donors (Lipinski definition) is 1. The molecule has 8 nitrogen and oxygen atoms in total. The van der Waals surface area contributed by atoms with Crippen LogP contribution in [0.4, 0.5) is 17.5 Å². The van der Waals surface area contributed by atoms with Crippen LogP contribution < -0.4 is 10.2 Å². The third-order valence-corrected chi connectivity index (χ3v) is 6.26. The average molecular weight is 419 g/mol. The molecule has 0 atom stereocenters. The maximum absolute atomic E-state index is 5.88. The van der Waals surface area contributed by atoms with E-state index in [9.17, 15) is 0 Å². The highest BCUT2D eigenvalue weighted by molar-refractivity contribution is 5.60. The number of ether oxygens (including phenoxy) is 2. The molecular formula is C23H26N6O2. The predicted molar refractivity (Wildman–Crippen MR) is 117 cm³/mol. The molecule has 31 heavy (non-hydrogen) atoms. The van der Waals surface area contributed by atoms with E-state index in [4.69, 9.17) is 14.5 Å². The molecule has 1 saturated carbocycles. The van der Waals surface area contributed by atoms with Gasteiger partial charge in [-0.2, -0.15) is 4.98 Å². The molecule has 0 radical (unpaired) electrons. The Morgan fingerprint density at radius 3 is 2.52 bits per heavy atom. The molecule has 1 aromatic carbocycles. The topological polar surface area (TPSA) is 77.3 Å². The molecule has 2 saturated heterocycles. The summed E-state index contributed by atoms with van der Waals surface area (Å²) in [4.78, 5) is 11.8. The molecule has 3 fully saturated rings. The highest BCUT2D eigenvalue weighted by atomic mass is 16.7. The van der Waals surface area contributed by atoms with Crippen molar-refractivity contribution in [1.29, 1.82) is 0 Å². The number of nitrogens with one attached hydrogen (secondary N) is 1. The molecule has 0 bridgehead atoms. The van der Waals surface area contributed by atoms with Gasteiger partial charge in [-0.05, 0) is 31.0 Å². The fourth-order valence-electron chi connectivity index (χ4n) is 4.38. The van der Waals surface area contributed by atoms with Gasteiger partial charge in [0.05, 0.1) is 18.9 Å². The van der Waals surface area contributed by atoms with Gasteiger partial charge in [0.25, 0.3) is 0 Å². The maximum Gasteiger partial charge on any atom is 0.246 e. The molecule has 3 aliphatic rings. The van der Waals surface area contributed by atoms with Gasteiger partial charge in [-0.1, -0.05) is 18.2 Å². The Hall–Kier alpha value is -2.97. The molecule has 2 aromatic heterocycles. The van der Waals surface area contributed by atoms with Gasteiger partial charge in [0.15, 0.2) is 5.79 Å². The smallest absolute Gasteiger partial charge is 0.246 e. The second-order valence-electron chi connectivity index (χ2n) is 8.48. The van der Waals surface area contributed by atoms with Crippen LogP contribution in [0.15, 0.2) is 48.8 Å². The Kier molecular flexibility index (Phi) is 4.61. The molecule has 0 unspecified atom stereocenters. The van der Waals surface area contributed by atoms with E-state index in [0.29, 0.717) is 25.1 Å². The SMILES string of the molecule is c1ccc(-n2cnc(Nc3cc(C4CC4)nc(N4CCC5(CC4)OCCO5)c3)n2)cc1. The van der Waals surface area contributed by atoms with Crippen molar-refractivity contribution in [3.8, 4) is 5.69 Å². The number of benzene rings is 1. The molecule has 8 heteroatoms. The summed E-state index contributed by atoms with van der Waals surface area (Å²) in [6, 6.07) is 14.2. The molecular weight excluding hydrogens is 392 g/mol. The fourth-order valence-corrected chi connectivity index (χ4v) is 4.38. The Morgan fingerprint density at radius 1 is 1.00 bits per heavy atom. The van der Waals surface area contributed by atoms with Crippen molar-refractivity contribution in [2.24, 2.45) is 0 Å². The predicted octanol–water partition coefficient (Wildman–Crippen LogP) is 3.63. The zero-order valence-electron chi connectivity index (χ0n) is 17.4. The van der Waals surface area contributed by atoms with Crippen molar-refractivity contribution in [1.82, 2.24) is 19.7 Å². The van der Waals surface area contributed by atoms with E-state index in [-0.39, 0.29) is 5.79 Å². The number of rotatable bonds is 5. The molecule has 1 N–H and O–H groups in total. The summed E-state index contributed by atoms with van der Waals surface area (Å²) in [5.74, 6) is 1.77. The molecule has 0 amide bonds. The van der Waals surface area contributed by atoms with Crippen LogP contribution in [0.5, 0.6) is 0 Å². The van der Waals surface area contributed by atoms with Crippen LogP contribution >= 0.6 is 0 Å². The zero-order valence-corrected chi connectivity index (χ0v) is 17.4. The molecule has 2 aliphatic heterocycles. The summed E-state index contributed by atoms with van der Waals surface area (Å²) < 4.78 is 13.5. The highest BCUT2D eigenvalue weighted by Crippen LogP contribution is 2.41. The first-order chi connectivity index (χ1) is 15.3. The van der Waals surface area contributed by atoms with E-state index in [1.165, 1.54) is 12.8 Å². The first-order valence-corrected chi connectivity index (χ1v) is 11.1. The van der Waals surface area contributed by atoms with E-state index in [1.54, 1.807) is 11.0 Å². The minimum Gasteiger partial charge on any atom is -0.356 e. The summed E-state index contributed by atoms with van der Waals surface area (Å²) in [6.45, 7) is 3.15. The lowest BCUT2D eigenvalue weighted by Crippen LogP contribution is -2.45. The van der Waals surface area contributed by atoms with Crippen LogP contribution in [0, 0.1) is 0 Å². The van der Waals surface area contributed by atoms with Crippen molar-refractivity contribution in [2.45, 2.75) is 37.4 Å². The van der Waals surface area contributed by atoms with Crippen LogP contribution in [-0.4, -0.2) is 51.8 Å². The van der Waals surface area contributed by atoms with Crippen LogP contribution in [-0.2, 0) is 9.47 Å². The van der Waals surface area contributed by atoms with Gasteiger partial charge in [-0.15, -0.1) is 5.10 Å². The number of hydrogen-bond acceptors (Lipinski definition) is 7. The summed E-state index contributed by atoms with van der Waals surface area (Å²) in [7, 11) is 0. The van der Waals surface area contributed by atoms with Gasteiger partial charge in [-0.25, -0.2) is 9.67 Å². The highest BCUT2D eigenvalue weighted by Gasteiger charge is 2.40. The second kappa shape index (κ2) is 7.62. The third-order valence-electron chi connectivity index (χ3n) is 6.26. The van der Waals surface area contributed by atoms with E-state index < -0.39 is 0 Å². The quantitative estimate of drug-likeness (QED) is 0.678. The summed E-state index contributed by atoms with van der Waals surface area (Å²) in [5, 5.41) is 7.97. The van der Waals surface area contributed by atoms with Crippen LogP contribution in [0.3, 0.4) is 0 Å². The van der Waals surface area contributed by atoms with Gasteiger partial charge < -0.3 is 19.7 Å². The normalized spacial score (nSPS) is 20.3. The van der Waals surface area contributed by atoms with Crippen molar-refractivity contribution >= 4 is 17.5 Å². The van der Waals surface area contributed by atoms with E-state index in [0.717, 1.165) is 48.8 Å². The Morgan fingerprint density at radius 2 is 1.77 bits per heavy atom. The summed E-state index contributed by atoms with van der Waals surface area (Å²) in [5.41, 5.74) is 3.11. The minimum atomic E-state index is -0.375. The second-order valence-corrected chi connectivity index (χ2v) is 8.48. The lowest BCUT2D eigenvalue weighted by Gasteiger charge is -2.38. The van der Waals surface area contributed by atoms with Crippen molar-refractivity contribution < 1.29 is 9.47 Å². The summed E-state index contributed by atoms with van der Waals surface area (Å²) >= 11 is 0. The van der Waals surface area contributed by atoms with Gasteiger partial charge >= 0.3 is 0 Å². The van der Waals surface area contributed by atoms with Crippen molar-refractivity contribution in [3.05, 3.63) is 54.5 Å². The average Bonchev–Trinajstić information content (AvgIpc) is 3.41. The molecule has 3 aromatic rings. The number of anilines is 3. The van der Waals surface area contributed by atoms with Gasteiger partial charge in [0.1, 0.15) is 12.1 Å². The van der Waals surface area contributed by atoms with Gasteiger partial charge in [0, 0.05) is 49.3 Å². The number of para-hydroxylation sites is 1. The molecule has 6 rings (SSSR count). The maximum atomic E-state index is 5.88. The molecule has 4 heterocycles. The number of aromatic nitrogens is 4. The van der Waals surface area contributed by atoms with Crippen LogP contribution in [0.2, 0.25) is 0 Å². The molecule has 1 spiro atoms. The largest absolute Gasteiger partial charge is 0.356 e. The Labute approximate surface area is 181 Å². The van der Waals surface area contributed by atoms with Gasteiger partial charge in [-0.3, -0.25) is 0 Å². The number of nitrogens with zero attached hydrogens (tertiary/aromatic N) is 5. The number of piperidine rings is 1. The first kappa shape index (κ1) is 18.8. The van der Waals surface area contributed by atoms with E-state index in [2.05, 4.69) is 32.4 Å². The number of pyridine rings is 1. The van der Waals surface area contributed by atoms with Crippen LogP contribution in [0.1, 0.15) is 37.3 Å². The fraction of sp³-hybridized carbons (Fsp3) is 0.435. The zero-order chi connectivity index (χ0) is 20.7. The van der Waals surface area contributed by atoms with Crippen LogP contribution in [0.25, 0.3) is 5.69 Å².